The molecule has 0 aromatic carbocycles. The first-order chi connectivity index (χ1) is 8.92. The van der Waals surface area contributed by atoms with Gasteiger partial charge in [-0.15, -0.1) is 11.8 Å². The summed E-state index contributed by atoms with van der Waals surface area (Å²) in [4.78, 5) is 24.1. The van der Waals surface area contributed by atoms with Gasteiger partial charge >= 0.3 is 5.97 Å². The number of nitrogens with one attached hydrogen (secondary N) is 1. The fourth-order valence-electron chi connectivity index (χ4n) is 2.10. The number of carbonyl (C=O) groups is 2. The number of carboxylic acid groups (broad SMARTS) is 1. The Labute approximate surface area is 120 Å². The van der Waals surface area contributed by atoms with Crippen LogP contribution in [0.25, 0.3) is 0 Å². The molecule has 1 atom stereocenters. The maximum Gasteiger partial charge on any atom is 0.313 e. The van der Waals surface area contributed by atoms with E-state index in [2.05, 4.69) is 24.1 Å². The van der Waals surface area contributed by atoms with Crippen molar-refractivity contribution < 1.29 is 14.7 Å². The van der Waals surface area contributed by atoms with Crippen LogP contribution in [0.5, 0.6) is 0 Å². The maximum atomic E-state index is 11.6. The molecule has 0 bridgehead atoms. The molecule has 0 fully saturated rings. The van der Waals surface area contributed by atoms with Crippen molar-refractivity contribution >= 4 is 23.6 Å². The highest BCUT2D eigenvalue weighted by Gasteiger charge is 2.21. The van der Waals surface area contributed by atoms with E-state index in [4.69, 9.17) is 5.11 Å². The van der Waals surface area contributed by atoms with Gasteiger partial charge in [0.15, 0.2) is 0 Å². The smallest absolute Gasteiger partial charge is 0.313 e. The second-order valence-corrected chi connectivity index (χ2v) is 5.78. The highest BCUT2D eigenvalue weighted by Crippen LogP contribution is 2.16. The number of carboxylic acids is 1. The molecule has 0 heterocycles. The lowest BCUT2D eigenvalue weighted by atomic mass is 9.93. The molecule has 0 saturated heterocycles. The standard InChI is InChI=1S/C13H26N2O3S/c1-5-10(6-2)11(15(3)4)7-14-12(16)8-19-9-13(17)18/h10-11H,5-9H2,1-4H3,(H,14,16)(H,17,18). The SMILES string of the molecule is CCC(CC)C(CNC(=O)CSCC(=O)O)N(C)C. The summed E-state index contributed by atoms with van der Waals surface area (Å²) in [6.07, 6.45) is 2.17. The predicted molar refractivity (Wildman–Crippen MR) is 79.5 cm³/mol. The number of nitrogens with zero attached hydrogens (tertiary/aromatic N) is 1. The Morgan fingerprint density at radius 1 is 1.21 bits per heavy atom. The molecule has 0 aromatic heterocycles. The number of hydrogen-bond donors (Lipinski definition) is 2. The van der Waals surface area contributed by atoms with Crippen molar-refractivity contribution in [2.75, 3.05) is 32.1 Å². The Hall–Kier alpha value is -0.750. The first-order valence-electron chi connectivity index (χ1n) is 6.64. The van der Waals surface area contributed by atoms with Crippen LogP contribution in [-0.4, -0.2) is 60.1 Å². The third kappa shape index (κ3) is 8.10. The summed E-state index contributed by atoms with van der Waals surface area (Å²) in [5, 5.41) is 11.4. The number of aliphatic carboxylic acids is 1. The highest BCUT2D eigenvalue weighted by atomic mass is 32.2. The molecular formula is C13H26N2O3S. The molecule has 112 valence electrons. The van der Waals surface area contributed by atoms with E-state index >= 15 is 0 Å². The average Bonchev–Trinajstić information content (AvgIpc) is 2.33. The molecule has 0 aliphatic carbocycles. The van der Waals surface area contributed by atoms with E-state index in [1.165, 1.54) is 0 Å². The van der Waals surface area contributed by atoms with Crippen LogP contribution in [0.2, 0.25) is 0 Å². The third-order valence-corrected chi connectivity index (χ3v) is 4.14. The molecule has 5 nitrogen and oxygen atoms in total. The number of likely N-dealkylation sites (N-methyl/N-ethyl adjacent to an activating group) is 1. The van der Waals surface area contributed by atoms with Crippen LogP contribution in [0.1, 0.15) is 26.7 Å². The van der Waals surface area contributed by atoms with Crippen LogP contribution in [0.4, 0.5) is 0 Å². The zero-order valence-corrected chi connectivity index (χ0v) is 13.1. The molecule has 0 aliphatic rings. The zero-order chi connectivity index (χ0) is 14.8. The minimum Gasteiger partial charge on any atom is -0.481 e. The molecule has 2 N–H and O–H groups in total. The van der Waals surface area contributed by atoms with Gasteiger partial charge in [-0.1, -0.05) is 26.7 Å². The minimum atomic E-state index is -0.888. The Balaban J connectivity index is 4.10. The van der Waals surface area contributed by atoms with Crippen LogP contribution in [0.3, 0.4) is 0 Å². The first-order valence-corrected chi connectivity index (χ1v) is 7.80. The molecular weight excluding hydrogens is 264 g/mol. The van der Waals surface area contributed by atoms with Crippen molar-refractivity contribution in [2.24, 2.45) is 5.92 Å². The minimum absolute atomic E-state index is 0.0307. The van der Waals surface area contributed by atoms with Gasteiger partial charge < -0.3 is 15.3 Å². The second kappa shape index (κ2) is 10.1. The fraction of sp³-hybridized carbons (Fsp3) is 0.846. The van der Waals surface area contributed by atoms with Crippen molar-refractivity contribution in [2.45, 2.75) is 32.7 Å². The van der Waals surface area contributed by atoms with Gasteiger partial charge in [-0.25, -0.2) is 0 Å². The third-order valence-electron chi connectivity index (χ3n) is 3.22. The van der Waals surface area contributed by atoms with E-state index in [0.717, 1.165) is 24.6 Å². The molecule has 0 saturated carbocycles. The number of amides is 1. The number of hydrogen-bond acceptors (Lipinski definition) is 4. The Morgan fingerprint density at radius 2 is 1.79 bits per heavy atom. The number of rotatable bonds is 10. The topological polar surface area (TPSA) is 69.6 Å². The molecule has 6 heteroatoms. The molecule has 0 spiro atoms. The van der Waals surface area contributed by atoms with Gasteiger partial charge in [-0.05, 0) is 20.0 Å². The van der Waals surface area contributed by atoms with Gasteiger partial charge in [0.1, 0.15) is 0 Å². The van der Waals surface area contributed by atoms with E-state index in [1.807, 2.05) is 14.1 Å². The Bertz CT molecular complexity index is 281. The fourth-order valence-corrected chi connectivity index (χ4v) is 2.67. The van der Waals surface area contributed by atoms with Crippen molar-refractivity contribution in [1.82, 2.24) is 10.2 Å². The molecule has 1 unspecified atom stereocenters. The molecule has 19 heavy (non-hydrogen) atoms. The van der Waals surface area contributed by atoms with Crippen LogP contribution >= 0.6 is 11.8 Å². The lowest BCUT2D eigenvalue weighted by Crippen LogP contribution is -2.45. The van der Waals surface area contributed by atoms with Gasteiger partial charge in [0.05, 0.1) is 11.5 Å². The van der Waals surface area contributed by atoms with Crippen molar-refractivity contribution in [3.8, 4) is 0 Å². The van der Waals surface area contributed by atoms with E-state index in [9.17, 15) is 9.59 Å². The quantitative estimate of drug-likeness (QED) is 0.634. The van der Waals surface area contributed by atoms with Gasteiger partial charge in [-0.2, -0.15) is 0 Å². The Morgan fingerprint density at radius 3 is 2.21 bits per heavy atom. The molecule has 0 radical (unpaired) electrons. The molecule has 0 aliphatic heterocycles. The zero-order valence-electron chi connectivity index (χ0n) is 12.3. The monoisotopic (exact) mass is 290 g/mol. The normalized spacial score (nSPS) is 12.7. The lowest BCUT2D eigenvalue weighted by Gasteiger charge is -2.31. The van der Waals surface area contributed by atoms with Crippen LogP contribution < -0.4 is 5.32 Å². The van der Waals surface area contributed by atoms with Crippen molar-refractivity contribution in [3.63, 3.8) is 0 Å². The summed E-state index contributed by atoms with van der Waals surface area (Å²) >= 11 is 1.12. The number of carbonyl (C=O) groups excluding carboxylic acids is 1. The average molecular weight is 290 g/mol. The summed E-state index contributed by atoms with van der Waals surface area (Å²) in [5.74, 6) is -0.251. The lowest BCUT2D eigenvalue weighted by molar-refractivity contribution is -0.133. The highest BCUT2D eigenvalue weighted by molar-refractivity contribution is 8.00. The number of thioether (sulfide) groups is 1. The summed E-state index contributed by atoms with van der Waals surface area (Å²) in [6, 6.07) is 0.323. The summed E-state index contributed by atoms with van der Waals surface area (Å²) in [6.45, 7) is 4.94. The van der Waals surface area contributed by atoms with E-state index in [0.29, 0.717) is 18.5 Å². The van der Waals surface area contributed by atoms with Gasteiger partial charge in [0, 0.05) is 12.6 Å². The first kappa shape index (κ1) is 18.2. The molecule has 0 aromatic rings. The van der Waals surface area contributed by atoms with Crippen LogP contribution in [-0.2, 0) is 9.59 Å². The maximum absolute atomic E-state index is 11.6. The van der Waals surface area contributed by atoms with E-state index < -0.39 is 5.97 Å². The van der Waals surface area contributed by atoms with Crippen molar-refractivity contribution in [3.05, 3.63) is 0 Å². The van der Waals surface area contributed by atoms with E-state index in [1.54, 1.807) is 0 Å². The Kier molecular flexibility index (Phi) is 9.69. The van der Waals surface area contributed by atoms with Crippen LogP contribution in [0, 0.1) is 5.92 Å². The van der Waals surface area contributed by atoms with E-state index in [-0.39, 0.29) is 17.4 Å². The largest absolute Gasteiger partial charge is 0.481 e. The van der Waals surface area contributed by atoms with Crippen LogP contribution in [0.15, 0.2) is 0 Å². The summed E-state index contributed by atoms with van der Waals surface area (Å²) in [7, 11) is 4.04. The molecule has 0 rings (SSSR count). The summed E-state index contributed by atoms with van der Waals surface area (Å²) in [5.41, 5.74) is 0. The van der Waals surface area contributed by atoms with Gasteiger partial charge in [-0.3, -0.25) is 9.59 Å². The summed E-state index contributed by atoms with van der Waals surface area (Å²) < 4.78 is 0. The van der Waals surface area contributed by atoms with Crippen molar-refractivity contribution in [1.29, 1.82) is 0 Å². The van der Waals surface area contributed by atoms with Gasteiger partial charge in [0.2, 0.25) is 5.91 Å². The molecule has 1 amide bonds. The second-order valence-electron chi connectivity index (χ2n) is 4.80. The predicted octanol–water partition coefficient (Wildman–Crippen LogP) is 1.29. The van der Waals surface area contributed by atoms with Gasteiger partial charge in [0.25, 0.3) is 0 Å².